The molecule has 0 saturated heterocycles. The van der Waals surface area contributed by atoms with E-state index < -0.39 is 0 Å². The Morgan fingerprint density at radius 3 is 2.85 bits per heavy atom. The Morgan fingerprint density at radius 1 is 1.19 bits per heavy atom. The highest BCUT2D eigenvalue weighted by Gasteiger charge is 2.26. The van der Waals surface area contributed by atoms with Crippen molar-refractivity contribution in [2.45, 2.75) is 12.5 Å². The lowest BCUT2D eigenvalue weighted by Crippen LogP contribution is -2.39. The first-order chi connectivity index (χ1) is 13.2. The van der Waals surface area contributed by atoms with Gasteiger partial charge in [-0.2, -0.15) is 0 Å². The van der Waals surface area contributed by atoms with E-state index in [-0.39, 0.29) is 6.10 Å². The maximum atomic E-state index is 5.99. The zero-order valence-corrected chi connectivity index (χ0v) is 15.7. The predicted molar refractivity (Wildman–Crippen MR) is 103 cm³/mol. The van der Waals surface area contributed by atoms with Gasteiger partial charge in [0.2, 0.25) is 11.5 Å². The molecule has 0 aromatic heterocycles. The fourth-order valence-electron chi connectivity index (χ4n) is 2.86. The van der Waals surface area contributed by atoms with Crippen LogP contribution in [-0.4, -0.2) is 46.6 Å². The molecule has 0 aliphatic carbocycles. The Kier molecular flexibility index (Phi) is 6.49. The number of nitrogens with one attached hydrogen (secondary N) is 1. The third kappa shape index (κ3) is 4.89. The van der Waals surface area contributed by atoms with Crippen LogP contribution in [0.15, 0.2) is 36.4 Å². The number of anilines is 1. The Balaban J connectivity index is 1.39. The summed E-state index contributed by atoms with van der Waals surface area (Å²) < 4.78 is 28.2. The molecule has 3 rings (SSSR count). The lowest BCUT2D eigenvalue weighted by molar-refractivity contribution is 0.0864. The van der Waals surface area contributed by atoms with E-state index in [9.17, 15) is 0 Å². The van der Waals surface area contributed by atoms with E-state index in [0.717, 1.165) is 18.7 Å². The molecule has 7 heteroatoms. The maximum absolute atomic E-state index is 5.99. The number of benzene rings is 2. The summed E-state index contributed by atoms with van der Waals surface area (Å²) in [6, 6.07) is 11.1. The summed E-state index contributed by atoms with van der Waals surface area (Å²) in [7, 11) is 3.18. The van der Waals surface area contributed by atoms with Gasteiger partial charge in [-0.05, 0) is 37.2 Å². The van der Waals surface area contributed by atoms with E-state index in [0.29, 0.717) is 48.4 Å². The summed E-state index contributed by atoms with van der Waals surface area (Å²) in [5.74, 6) is 3.22. The van der Waals surface area contributed by atoms with Crippen LogP contribution in [0.1, 0.15) is 6.42 Å². The molecule has 2 aromatic rings. The molecule has 7 nitrogen and oxygen atoms in total. The van der Waals surface area contributed by atoms with E-state index in [4.69, 9.17) is 29.4 Å². The number of rotatable bonds is 9. The fourth-order valence-corrected chi connectivity index (χ4v) is 2.86. The Hall–Kier alpha value is -2.80. The van der Waals surface area contributed by atoms with Crippen molar-refractivity contribution < 1.29 is 23.7 Å². The van der Waals surface area contributed by atoms with Crippen LogP contribution in [0.5, 0.6) is 28.7 Å². The van der Waals surface area contributed by atoms with Gasteiger partial charge in [0.05, 0.1) is 20.8 Å². The van der Waals surface area contributed by atoms with Crippen LogP contribution in [0, 0.1) is 0 Å². The van der Waals surface area contributed by atoms with Crippen molar-refractivity contribution in [1.29, 1.82) is 0 Å². The highest BCUT2D eigenvalue weighted by atomic mass is 16.6. The quantitative estimate of drug-likeness (QED) is 0.515. The Bertz CT molecular complexity index is 753. The number of methoxy groups -OCH3 is 2. The van der Waals surface area contributed by atoms with Crippen molar-refractivity contribution in [2.75, 3.05) is 46.3 Å². The number of hydrogen-bond acceptors (Lipinski definition) is 7. The summed E-state index contributed by atoms with van der Waals surface area (Å²) in [6.07, 6.45) is 0.815. The fraction of sp³-hybridized carbons (Fsp3) is 0.400. The van der Waals surface area contributed by atoms with Gasteiger partial charge in [0.1, 0.15) is 18.5 Å². The molecule has 0 spiro atoms. The normalized spacial score (nSPS) is 15.3. The van der Waals surface area contributed by atoms with Crippen LogP contribution < -0.4 is 34.7 Å². The smallest absolute Gasteiger partial charge is 0.207 e. The van der Waals surface area contributed by atoms with E-state index in [1.807, 2.05) is 36.4 Å². The first-order valence-corrected chi connectivity index (χ1v) is 8.94. The number of nitrogen functional groups attached to an aromatic ring is 1. The molecule has 0 amide bonds. The number of nitrogens with two attached hydrogens (primary N) is 1. The van der Waals surface area contributed by atoms with Gasteiger partial charge in [0.15, 0.2) is 11.5 Å². The first kappa shape index (κ1) is 19.0. The van der Waals surface area contributed by atoms with Gasteiger partial charge in [-0.1, -0.05) is 6.07 Å². The highest BCUT2D eigenvalue weighted by Crippen LogP contribution is 2.46. The molecule has 1 atom stereocenters. The molecule has 1 unspecified atom stereocenters. The van der Waals surface area contributed by atoms with Crippen molar-refractivity contribution >= 4 is 5.69 Å². The van der Waals surface area contributed by atoms with Gasteiger partial charge >= 0.3 is 0 Å². The summed E-state index contributed by atoms with van der Waals surface area (Å²) >= 11 is 0. The lowest BCUT2D eigenvalue weighted by Gasteiger charge is -2.28. The van der Waals surface area contributed by atoms with Gasteiger partial charge in [-0.3, -0.25) is 0 Å². The Morgan fingerprint density at radius 2 is 2.07 bits per heavy atom. The summed E-state index contributed by atoms with van der Waals surface area (Å²) in [5, 5.41) is 3.37. The zero-order valence-electron chi connectivity index (χ0n) is 15.7. The molecular weight excluding hydrogens is 348 g/mol. The summed E-state index contributed by atoms with van der Waals surface area (Å²) in [4.78, 5) is 0. The molecular formula is C20H26N2O5. The minimum Gasteiger partial charge on any atom is -0.493 e. The molecule has 1 aliphatic heterocycles. The average molecular weight is 374 g/mol. The molecule has 3 N–H and O–H groups in total. The summed E-state index contributed by atoms with van der Waals surface area (Å²) in [6.45, 7) is 2.58. The van der Waals surface area contributed by atoms with Gasteiger partial charge in [-0.15, -0.1) is 0 Å². The maximum Gasteiger partial charge on any atom is 0.207 e. The standard InChI is InChI=1S/C20H26N2O5/c1-23-17-7-8-18-20(19(17)24-2)26-13-16(27-18)12-22-9-4-10-25-15-6-3-5-14(21)11-15/h3,5-8,11,16,22H,4,9-10,12-13,21H2,1-2H3. The minimum atomic E-state index is -0.0644. The van der Waals surface area contributed by atoms with Crippen molar-refractivity contribution in [3.63, 3.8) is 0 Å². The van der Waals surface area contributed by atoms with E-state index in [1.54, 1.807) is 14.2 Å². The average Bonchev–Trinajstić information content (AvgIpc) is 2.69. The first-order valence-electron chi connectivity index (χ1n) is 8.94. The van der Waals surface area contributed by atoms with Crippen LogP contribution >= 0.6 is 0 Å². The van der Waals surface area contributed by atoms with Crippen LogP contribution in [0.25, 0.3) is 0 Å². The second-order valence-electron chi connectivity index (χ2n) is 6.16. The lowest BCUT2D eigenvalue weighted by atomic mass is 10.2. The molecule has 2 aromatic carbocycles. The van der Waals surface area contributed by atoms with E-state index in [2.05, 4.69) is 5.32 Å². The number of fused-ring (bicyclic) bond motifs is 1. The van der Waals surface area contributed by atoms with Crippen LogP contribution in [0.3, 0.4) is 0 Å². The van der Waals surface area contributed by atoms with Gasteiger partial charge in [-0.25, -0.2) is 0 Å². The SMILES string of the molecule is COc1ccc2c(c1OC)OCC(CNCCCOc1cccc(N)c1)O2. The Labute approximate surface area is 159 Å². The molecule has 1 aliphatic rings. The third-order valence-electron chi connectivity index (χ3n) is 4.17. The molecule has 27 heavy (non-hydrogen) atoms. The van der Waals surface area contributed by atoms with Gasteiger partial charge in [0.25, 0.3) is 0 Å². The van der Waals surface area contributed by atoms with Gasteiger partial charge in [0, 0.05) is 18.3 Å². The topological polar surface area (TPSA) is 84.2 Å². The monoisotopic (exact) mass is 374 g/mol. The van der Waals surface area contributed by atoms with Crippen molar-refractivity contribution in [1.82, 2.24) is 5.32 Å². The number of ether oxygens (including phenoxy) is 5. The van der Waals surface area contributed by atoms with E-state index in [1.165, 1.54) is 0 Å². The second kappa shape index (κ2) is 9.23. The van der Waals surface area contributed by atoms with Crippen molar-refractivity contribution in [3.8, 4) is 28.7 Å². The highest BCUT2D eigenvalue weighted by molar-refractivity contribution is 5.59. The predicted octanol–water partition coefficient (Wildman–Crippen LogP) is 2.48. The summed E-state index contributed by atoms with van der Waals surface area (Å²) in [5.41, 5.74) is 6.43. The molecule has 0 radical (unpaired) electrons. The van der Waals surface area contributed by atoms with E-state index >= 15 is 0 Å². The third-order valence-corrected chi connectivity index (χ3v) is 4.17. The second-order valence-corrected chi connectivity index (χ2v) is 6.16. The van der Waals surface area contributed by atoms with Gasteiger partial charge < -0.3 is 34.7 Å². The number of hydrogen-bond donors (Lipinski definition) is 2. The molecule has 0 fully saturated rings. The van der Waals surface area contributed by atoms with Crippen LogP contribution in [0.4, 0.5) is 5.69 Å². The van der Waals surface area contributed by atoms with Crippen molar-refractivity contribution in [3.05, 3.63) is 36.4 Å². The minimum absolute atomic E-state index is 0.0644. The van der Waals surface area contributed by atoms with Crippen molar-refractivity contribution in [2.24, 2.45) is 0 Å². The van der Waals surface area contributed by atoms with Crippen LogP contribution in [0.2, 0.25) is 0 Å². The molecule has 0 saturated carbocycles. The van der Waals surface area contributed by atoms with Crippen LogP contribution in [-0.2, 0) is 0 Å². The zero-order chi connectivity index (χ0) is 19.1. The molecule has 1 heterocycles. The molecule has 146 valence electrons. The largest absolute Gasteiger partial charge is 0.493 e. The molecule has 0 bridgehead atoms.